The van der Waals surface area contributed by atoms with Crippen molar-refractivity contribution in [3.05, 3.63) is 72.7 Å². The molecule has 1 heterocycles. The minimum absolute atomic E-state index is 0.304. The molecule has 0 atom stereocenters. The molecule has 0 spiro atoms. The van der Waals surface area contributed by atoms with Crippen LogP contribution in [0.2, 0.25) is 0 Å². The monoisotopic (exact) mass is 435 g/mol. The lowest BCUT2D eigenvalue weighted by atomic mass is 9.87. The summed E-state index contributed by atoms with van der Waals surface area (Å²) in [6.07, 6.45) is 7.10. The summed E-state index contributed by atoms with van der Waals surface area (Å²) in [5.74, 6) is 1.26. The molecular weight excluding hydrogens is 405 g/mol. The highest BCUT2D eigenvalue weighted by Gasteiger charge is 2.20. The number of hydrogen-bond acceptors (Lipinski definition) is 5. The van der Waals surface area contributed by atoms with Gasteiger partial charge in [0, 0.05) is 42.5 Å². The van der Waals surface area contributed by atoms with Gasteiger partial charge in [-0.25, -0.2) is 9.37 Å². The van der Waals surface area contributed by atoms with Crippen molar-refractivity contribution in [2.75, 3.05) is 24.8 Å². The number of rotatable bonds is 6. The summed E-state index contributed by atoms with van der Waals surface area (Å²) >= 11 is 0. The Balaban J connectivity index is 0.000000182. The average molecular weight is 436 g/mol. The molecule has 1 aromatic heterocycles. The first-order chi connectivity index (χ1) is 15.6. The van der Waals surface area contributed by atoms with Gasteiger partial charge in [-0.2, -0.15) is 0 Å². The predicted octanol–water partition coefficient (Wildman–Crippen LogP) is 5.79. The Morgan fingerprint density at radius 3 is 2.44 bits per heavy atom. The van der Waals surface area contributed by atoms with Crippen molar-refractivity contribution in [3.63, 3.8) is 0 Å². The molecule has 0 aliphatic heterocycles. The quantitative estimate of drug-likeness (QED) is 0.480. The normalized spacial score (nSPS) is 17.5. The number of pyridine rings is 1. The van der Waals surface area contributed by atoms with Crippen molar-refractivity contribution in [1.82, 2.24) is 4.98 Å². The van der Waals surface area contributed by atoms with E-state index in [9.17, 15) is 9.18 Å². The van der Waals surface area contributed by atoms with E-state index in [-0.39, 0.29) is 5.82 Å². The third-order valence-corrected chi connectivity index (χ3v) is 5.60. The van der Waals surface area contributed by atoms with Gasteiger partial charge < -0.3 is 20.2 Å². The van der Waals surface area contributed by atoms with Crippen LogP contribution in [0.15, 0.2) is 66.9 Å². The molecule has 0 unspecified atom stereocenters. The van der Waals surface area contributed by atoms with E-state index in [2.05, 4.69) is 27.8 Å². The second-order valence-corrected chi connectivity index (χ2v) is 7.78. The summed E-state index contributed by atoms with van der Waals surface area (Å²) in [5, 5.41) is 6.47. The van der Waals surface area contributed by atoms with E-state index in [1.165, 1.54) is 24.9 Å². The summed E-state index contributed by atoms with van der Waals surface area (Å²) in [6.45, 7) is 0. The fourth-order valence-corrected chi connectivity index (χ4v) is 3.81. The minimum atomic E-state index is -0.312. The lowest BCUT2D eigenvalue weighted by Crippen LogP contribution is -2.26. The fraction of sp³-hybridized carbons (Fsp3) is 0.308. The summed E-state index contributed by atoms with van der Waals surface area (Å²) < 4.78 is 18.3. The topological polar surface area (TPSA) is 63.2 Å². The maximum absolute atomic E-state index is 13.1. The van der Waals surface area contributed by atoms with Gasteiger partial charge in [-0.05, 0) is 67.6 Å². The molecule has 2 aromatic carbocycles. The van der Waals surface area contributed by atoms with E-state index >= 15 is 0 Å². The number of carbonyl (C=O) groups excluding carboxylic acids is 1. The van der Waals surface area contributed by atoms with Crippen LogP contribution in [-0.4, -0.2) is 31.5 Å². The molecule has 0 radical (unpaired) electrons. The second kappa shape index (κ2) is 11.8. The van der Waals surface area contributed by atoms with Gasteiger partial charge in [0.15, 0.2) is 0 Å². The van der Waals surface area contributed by atoms with Gasteiger partial charge in [-0.1, -0.05) is 18.2 Å². The van der Waals surface area contributed by atoms with E-state index in [1.807, 2.05) is 30.3 Å². The smallest absolute Gasteiger partial charge is 0.129 e. The maximum Gasteiger partial charge on any atom is 0.129 e. The Bertz CT molecular complexity index is 989. The zero-order valence-corrected chi connectivity index (χ0v) is 18.6. The number of ether oxygens (including phenoxy) is 1. The average Bonchev–Trinajstić information content (AvgIpc) is 2.85. The van der Waals surface area contributed by atoms with Gasteiger partial charge in [0.05, 0.1) is 7.11 Å². The molecule has 32 heavy (non-hydrogen) atoms. The molecule has 1 saturated carbocycles. The predicted molar refractivity (Wildman–Crippen MR) is 128 cm³/mol. The van der Waals surface area contributed by atoms with Crippen LogP contribution < -0.4 is 15.4 Å². The van der Waals surface area contributed by atoms with Gasteiger partial charge in [-0.15, -0.1) is 0 Å². The van der Waals surface area contributed by atoms with Crippen LogP contribution in [0.5, 0.6) is 5.75 Å². The highest BCUT2D eigenvalue weighted by Crippen LogP contribution is 2.31. The number of methoxy groups -OCH3 is 1. The van der Waals surface area contributed by atoms with Crippen molar-refractivity contribution in [1.29, 1.82) is 0 Å². The van der Waals surface area contributed by atoms with Gasteiger partial charge in [-0.3, -0.25) is 0 Å². The number of hydrogen-bond donors (Lipinski definition) is 2. The van der Waals surface area contributed by atoms with Crippen LogP contribution in [0.3, 0.4) is 0 Å². The first-order valence-electron chi connectivity index (χ1n) is 10.9. The molecule has 168 valence electrons. The van der Waals surface area contributed by atoms with E-state index in [1.54, 1.807) is 19.3 Å². The summed E-state index contributed by atoms with van der Waals surface area (Å²) in [5.41, 5.74) is 2.96. The number of carbonyl (C=O) groups is 1. The van der Waals surface area contributed by atoms with Gasteiger partial charge >= 0.3 is 0 Å². The Kier molecular flexibility index (Phi) is 8.61. The van der Waals surface area contributed by atoms with Crippen molar-refractivity contribution in [2.24, 2.45) is 5.92 Å². The van der Waals surface area contributed by atoms with Crippen molar-refractivity contribution >= 4 is 17.8 Å². The van der Waals surface area contributed by atoms with E-state index in [0.717, 1.165) is 48.9 Å². The lowest BCUT2D eigenvalue weighted by Gasteiger charge is -2.27. The number of aldehydes is 1. The number of nitrogens with zero attached hydrogens (tertiary/aromatic N) is 1. The third kappa shape index (κ3) is 6.54. The maximum atomic E-state index is 13.1. The van der Waals surface area contributed by atoms with Gasteiger partial charge in [0.1, 0.15) is 23.7 Å². The van der Waals surface area contributed by atoms with Crippen molar-refractivity contribution in [3.8, 4) is 16.9 Å². The zero-order chi connectivity index (χ0) is 22.8. The summed E-state index contributed by atoms with van der Waals surface area (Å²) in [4.78, 5) is 14.7. The zero-order valence-electron chi connectivity index (χ0n) is 18.6. The SMILES string of the molecule is CNc1cc(-c2ccc(F)cc2OC)ccn1.O=CC1CCC(Nc2ccccc2)CC1. The largest absolute Gasteiger partial charge is 0.496 e. The molecule has 1 aliphatic rings. The Morgan fingerprint density at radius 2 is 1.78 bits per heavy atom. The van der Waals surface area contributed by atoms with Crippen molar-refractivity contribution in [2.45, 2.75) is 31.7 Å². The first kappa shape index (κ1) is 23.3. The number of para-hydroxylation sites is 1. The molecule has 1 aliphatic carbocycles. The Labute approximate surface area is 189 Å². The van der Waals surface area contributed by atoms with Crippen LogP contribution in [0.1, 0.15) is 25.7 Å². The van der Waals surface area contributed by atoms with E-state index in [0.29, 0.717) is 17.7 Å². The molecule has 3 aromatic rings. The number of aromatic nitrogens is 1. The van der Waals surface area contributed by atoms with Crippen LogP contribution >= 0.6 is 0 Å². The standard InChI is InChI=1S/C13H13FN2O.C13H17NO/c1-15-13-7-9(5-6-16-13)11-4-3-10(14)8-12(11)17-2;15-10-11-6-8-13(9-7-11)14-12-4-2-1-3-5-12/h3-8H,1-2H3,(H,15,16);1-5,10-11,13-14H,6-9H2. The molecule has 1 fully saturated rings. The van der Waals surface area contributed by atoms with Gasteiger partial charge in [0.2, 0.25) is 0 Å². The van der Waals surface area contributed by atoms with Crippen LogP contribution in [0.4, 0.5) is 15.9 Å². The lowest BCUT2D eigenvalue weighted by molar-refractivity contribution is -0.111. The molecule has 0 amide bonds. The Morgan fingerprint density at radius 1 is 1.03 bits per heavy atom. The van der Waals surface area contributed by atoms with Crippen LogP contribution in [0.25, 0.3) is 11.1 Å². The minimum Gasteiger partial charge on any atom is -0.496 e. The number of nitrogens with one attached hydrogen (secondary N) is 2. The summed E-state index contributed by atoms with van der Waals surface area (Å²) in [7, 11) is 3.33. The number of benzene rings is 2. The molecular formula is C26H30FN3O2. The van der Waals surface area contributed by atoms with E-state index < -0.39 is 0 Å². The second-order valence-electron chi connectivity index (χ2n) is 7.78. The third-order valence-electron chi connectivity index (χ3n) is 5.60. The van der Waals surface area contributed by atoms with E-state index in [4.69, 9.17) is 4.74 Å². The first-order valence-corrected chi connectivity index (χ1v) is 10.9. The van der Waals surface area contributed by atoms with Gasteiger partial charge in [0.25, 0.3) is 0 Å². The van der Waals surface area contributed by atoms with Crippen LogP contribution in [-0.2, 0) is 4.79 Å². The molecule has 2 N–H and O–H groups in total. The highest BCUT2D eigenvalue weighted by molar-refractivity contribution is 5.72. The molecule has 6 heteroatoms. The summed E-state index contributed by atoms with van der Waals surface area (Å²) in [6, 6.07) is 19.1. The molecule has 0 saturated heterocycles. The molecule has 5 nitrogen and oxygen atoms in total. The molecule has 0 bridgehead atoms. The van der Waals surface area contributed by atoms with Crippen molar-refractivity contribution < 1.29 is 13.9 Å². The fourth-order valence-electron chi connectivity index (χ4n) is 3.81. The number of anilines is 2. The van der Waals surface area contributed by atoms with Crippen LogP contribution in [0, 0.1) is 11.7 Å². The number of halogens is 1. The highest BCUT2D eigenvalue weighted by atomic mass is 19.1. The molecule has 4 rings (SSSR count). The Hall–Kier alpha value is -3.41.